The van der Waals surface area contributed by atoms with E-state index in [0.29, 0.717) is 19.1 Å². The van der Waals surface area contributed by atoms with Crippen LogP contribution in [-0.4, -0.2) is 63.1 Å². The third-order valence-corrected chi connectivity index (χ3v) is 5.08. The molecule has 1 unspecified atom stereocenters. The first-order chi connectivity index (χ1) is 15.0. The molecule has 0 aliphatic carbocycles. The van der Waals surface area contributed by atoms with Crippen molar-refractivity contribution >= 4 is 47.2 Å². The summed E-state index contributed by atoms with van der Waals surface area (Å²) < 4.78 is 0. The van der Waals surface area contributed by atoms with Crippen molar-refractivity contribution in [2.24, 2.45) is 4.99 Å². The number of carbonyl (C=O) groups is 1. The summed E-state index contributed by atoms with van der Waals surface area (Å²) in [4.78, 5) is 21.0. The standard InChI is InChI=1S/C24H34N6O.HI/c1-4-25-24(28-21-13-14-30(17-21)22-11-6-5-7-12-22)26-16-19-9-8-10-20(15-19)27-23(31)18-29(2)3;/h5-12,15,21H,4,13-14,16-18H2,1-3H3,(H,27,31)(H2,25,26,28);1H. The van der Waals surface area contributed by atoms with Gasteiger partial charge in [-0.3, -0.25) is 4.79 Å². The Labute approximate surface area is 208 Å². The topological polar surface area (TPSA) is 72.0 Å². The Kier molecular flexibility index (Phi) is 10.8. The second kappa shape index (κ2) is 13.3. The van der Waals surface area contributed by atoms with Crippen LogP contribution in [0.4, 0.5) is 11.4 Å². The van der Waals surface area contributed by atoms with Gasteiger partial charge in [0.2, 0.25) is 5.91 Å². The largest absolute Gasteiger partial charge is 0.369 e. The zero-order valence-corrected chi connectivity index (χ0v) is 21.5. The summed E-state index contributed by atoms with van der Waals surface area (Å²) in [6.07, 6.45) is 1.08. The van der Waals surface area contributed by atoms with E-state index in [4.69, 9.17) is 4.99 Å². The van der Waals surface area contributed by atoms with E-state index in [-0.39, 0.29) is 29.9 Å². The summed E-state index contributed by atoms with van der Waals surface area (Å²) in [7, 11) is 3.76. The van der Waals surface area contributed by atoms with Crippen LogP contribution in [0.15, 0.2) is 59.6 Å². The molecule has 0 aromatic heterocycles. The number of rotatable bonds is 8. The van der Waals surface area contributed by atoms with Crippen molar-refractivity contribution in [1.29, 1.82) is 0 Å². The molecule has 1 heterocycles. The molecule has 7 nitrogen and oxygen atoms in total. The van der Waals surface area contributed by atoms with E-state index in [1.807, 2.05) is 49.3 Å². The van der Waals surface area contributed by atoms with Gasteiger partial charge in [-0.25, -0.2) is 4.99 Å². The Balaban J connectivity index is 0.00000363. The van der Waals surface area contributed by atoms with E-state index in [2.05, 4.69) is 52.0 Å². The normalized spacial score (nSPS) is 15.9. The molecule has 1 amide bonds. The molecule has 0 spiro atoms. The van der Waals surface area contributed by atoms with E-state index >= 15 is 0 Å². The van der Waals surface area contributed by atoms with E-state index < -0.39 is 0 Å². The summed E-state index contributed by atoms with van der Waals surface area (Å²) >= 11 is 0. The Hall–Kier alpha value is -2.33. The molecule has 0 bridgehead atoms. The van der Waals surface area contributed by atoms with Crippen LogP contribution < -0.4 is 20.9 Å². The molecule has 1 aliphatic rings. The average Bonchev–Trinajstić information content (AvgIpc) is 3.21. The van der Waals surface area contributed by atoms with Crippen LogP contribution in [0.5, 0.6) is 0 Å². The molecule has 1 atom stereocenters. The van der Waals surface area contributed by atoms with Gasteiger partial charge >= 0.3 is 0 Å². The van der Waals surface area contributed by atoms with Crippen molar-refractivity contribution in [2.75, 3.05) is 50.5 Å². The van der Waals surface area contributed by atoms with E-state index in [1.165, 1.54) is 5.69 Å². The van der Waals surface area contributed by atoms with Crippen LogP contribution in [0.3, 0.4) is 0 Å². The van der Waals surface area contributed by atoms with Crippen molar-refractivity contribution in [1.82, 2.24) is 15.5 Å². The number of anilines is 2. The van der Waals surface area contributed by atoms with Gasteiger partial charge in [0, 0.05) is 37.1 Å². The fraction of sp³-hybridized carbons (Fsp3) is 0.417. The minimum atomic E-state index is -0.0233. The predicted octanol–water partition coefficient (Wildman–Crippen LogP) is 3.14. The Morgan fingerprint density at radius 3 is 2.66 bits per heavy atom. The highest BCUT2D eigenvalue weighted by Gasteiger charge is 2.23. The molecule has 0 radical (unpaired) electrons. The summed E-state index contributed by atoms with van der Waals surface area (Å²) in [5.74, 6) is 0.800. The number of benzene rings is 2. The van der Waals surface area contributed by atoms with Gasteiger partial charge in [-0.2, -0.15) is 0 Å². The number of aliphatic imine (C=N–C) groups is 1. The first-order valence-corrected chi connectivity index (χ1v) is 10.9. The minimum Gasteiger partial charge on any atom is -0.369 e. The minimum absolute atomic E-state index is 0. The summed E-state index contributed by atoms with van der Waals surface area (Å²) in [6.45, 7) is 5.78. The van der Waals surface area contributed by atoms with Gasteiger partial charge in [0.25, 0.3) is 0 Å². The molecule has 1 aliphatic heterocycles. The van der Waals surface area contributed by atoms with Crippen molar-refractivity contribution in [3.63, 3.8) is 0 Å². The van der Waals surface area contributed by atoms with Crippen LogP contribution in [0.25, 0.3) is 0 Å². The number of hydrogen-bond acceptors (Lipinski definition) is 4. The summed E-state index contributed by atoms with van der Waals surface area (Å²) in [5, 5.41) is 9.86. The van der Waals surface area contributed by atoms with Crippen LogP contribution in [0, 0.1) is 0 Å². The molecule has 0 saturated carbocycles. The number of guanidine groups is 1. The molecular formula is C24H35IN6O. The molecule has 3 N–H and O–H groups in total. The maximum absolute atomic E-state index is 12.0. The van der Waals surface area contributed by atoms with Gasteiger partial charge in [-0.05, 0) is 57.3 Å². The van der Waals surface area contributed by atoms with Crippen LogP contribution in [-0.2, 0) is 11.3 Å². The molecule has 8 heteroatoms. The predicted molar refractivity (Wildman–Crippen MR) is 144 cm³/mol. The number of likely N-dealkylation sites (N-methyl/N-ethyl adjacent to an activating group) is 1. The third kappa shape index (κ3) is 8.31. The number of halogens is 1. The second-order valence-electron chi connectivity index (χ2n) is 8.09. The van der Waals surface area contributed by atoms with Crippen LogP contribution in [0.1, 0.15) is 18.9 Å². The number of nitrogens with one attached hydrogen (secondary N) is 3. The molecular weight excluding hydrogens is 515 g/mol. The summed E-state index contributed by atoms with van der Waals surface area (Å²) in [5.41, 5.74) is 3.12. The fourth-order valence-electron chi connectivity index (χ4n) is 3.67. The Bertz CT molecular complexity index is 874. The highest BCUT2D eigenvalue weighted by atomic mass is 127. The highest BCUT2D eigenvalue weighted by Crippen LogP contribution is 2.19. The lowest BCUT2D eigenvalue weighted by molar-refractivity contribution is -0.116. The van der Waals surface area contributed by atoms with E-state index in [9.17, 15) is 4.79 Å². The van der Waals surface area contributed by atoms with E-state index in [1.54, 1.807) is 0 Å². The molecule has 32 heavy (non-hydrogen) atoms. The smallest absolute Gasteiger partial charge is 0.238 e. The Morgan fingerprint density at radius 1 is 1.16 bits per heavy atom. The lowest BCUT2D eigenvalue weighted by Gasteiger charge is -2.20. The van der Waals surface area contributed by atoms with Gasteiger partial charge in [-0.1, -0.05) is 30.3 Å². The molecule has 174 valence electrons. The van der Waals surface area contributed by atoms with Crippen molar-refractivity contribution in [3.05, 3.63) is 60.2 Å². The van der Waals surface area contributed by atoms with Gasteiger partial charge in [0.1, 0.15) is 0 Å². The van der Waals surface area contributed by atoms with Crippen molar-refractivity contribution < 1.29 is 4.79 Å². The van der Waals surface area contributed by atoms with Gasteiger partial charge < -0.3 is 25.8 Å². The van der Waals surface area contributed by atoms with E-state index in [0.717, 1.165) is 43.3 Å². The zero-order chi connectivity index (χ0) is 22.1. The monoisotopic (exact) mass is 550 g/mol. The zero-order valence-electron chi connectivity index (χ0n) is 19.2. The molecule has 2 aromatic carbocycles. The average molecular weight is 550 g/mol. The number of hydrogen-bond donors (Lipinski definition) is 3. The van der Waals surface area contributed by atoms with Gasteiger partial charge in [-0.15, -0.1) is 24.0 Å². The number of carbonyl (C=O) groups excluding carboxylic acids is 1. The summed E-state index contributed by atoms with van der Waals surface area (Å²) in [6, 6.07) is 18.7. The van der Waals surface area contributed by atoms with Crippen molar-refractivity contribution in [2.45, 2.75) is 25.9 Å². The Morgan fingerprint density at radius 2 is 1.94 bits per heavy atom. The maximum atomic E-state index is 12.0. The second-order valence-corrected chi connectivity index (χ2v) is 8.09. The lowest BCUT2D eigenvalue weighted by Crippen LogP contribution is -2.44. The molecule has 1 fully saturated rings. The number of amides is 1. The van der Waals surface area contributed by atoms with Crippen LogP contribution >= 0.6 is 24.0 Å². The van der Waals surface area contributed by atoms with Gasteiger partial charge in [0.15, 0.2) is 5.96 Å². The molecule has 2 aromatic rings. The number of para-hydroxylation sites is 1. The lowest BCUT2D eigenvalue weighted by atomic mass is 10.2. The van der Waals surface area contributed by atoms with Crippen molar-refractivity contribution in [3.8, 4) is 0 Å². The highest BCUT2D eigenvalue weighted by molar-refractivity contribution is 14.0. The SMILES string of the molecule is CCNC(=NCc1cccc(NC(=O)CN(C)C)c1)NC1CCN(c2ccccc2)C1.I. The fourth-order valence-corrected chi connectivity index (χ4v) is 3.67. The first-order valence-electron chi connectivity index (χ1n) is 10.9. The van der Waals surface area contributed by atoms with Crippen LogP contribution in [0.2, 0.25) is 0 Å². The molecule has 1 saturated heterocycles. The quantitative estimate of drug-likeness (QED) is 0.268. The number of nitrogens with zero attached hydrogens (tertiary/aromatic N) is 3. The maximum Gasteiger partial charge on any atom is 0.238 e. The first kappa shape index (κ1) is 25.9. The van der Waals surface area contributed by atoms with Gasteiger partial charge in [0.05, 0.1) is 13.1 Å². The molecule has 3 rings (SSSR count). The third-order valence-electron chi connectivity index (χ3n) is 5.08.